The number of halogens is 2. The molecule has 1 aromatic heterocycles. The molecule has 1 atom stereocenters. The van der Waals surface area contributed by atoms with Gasteiger partial charge in [-0.1, -0.05) is 17.7 Å². The molecule has 2 amide bonds. The number of piperazine rings is 1. The second-order valence-electron chi connectivity index (χ2n) is 4.80. The Morgan fingerprint density at radius 3 is 2.91 bits per heavy atom. The lowest BCUT2D eigenvalue weighted by Crippen LogP contribution is -2.52. The van der Waals surface area contributed by atoms with Gasteiger partial charge in [-0.2, -0.15) is 5.10 Å². The van der Waals surface area contributed by atoms with Crippen LogP contribution in [0.4, 0.5) is 4.39 Å². The number of H-pyrrole nitrogens is 1. The summed E-state index contributed by atoms with van der Waals surface area (Å²) in [5, 5.41) is 9.00. The minimum absolute atomic E-state index is 0.00534. The monoisotopic (exact) mass is 322 g/mol. The molecule has 1 unspecified atom stereocenters. The summed E-state index contributed by atoms with van der Waals surface area (Å²) in [6.07, 6.45) is 1.43. The summed E-state index contributed by atoms with van der Waals surface area (Å²) in [5.41, 5.74) is 0.224. The molecule has 22 heavy (non-hydrogen) atoms. The van der Waals surface area contributed by atoms with E-state index in [0.717, 1.165) is 0 Å². The number of aromatic amines is 1. The molecule has 1 aliphatic rings. The van der Waals surface area contributed by atoms with Gasteiger partial charge in [-0.3, -0.25) is 14.7 Å². The van der Waals surface area contributed by atoms with Gasteiger partial charge in [-0.25, -0.2) is 4.39 Å². The molecule has 6 nitrogen and oxygen atoms in total. The van der Waals surface area contributed by atoms with E-state index in [-0.39, 0.29) is 22.8 Å². The lowest BCUT2D eigenvalue weighted by Gasteiger charge is -2.35. The molecule has 1 aliphatic heterocycles. The number of hydrogen-bond donors (Lipinski definition) is 2. The zero-order chi connectivity index (χ0) is 15.7. The molecule has 0 radical (unpaired) electrons. The third-order valence-electron chi connectivity index (χ3n) is 3.48. The molecule has 114 valence electrons. The van der Waals surface area contributed by atoms with Gasteiger partial charge in [0.1, 0.15) is 17.6 Å². The predicted molar refractivity (Wildman–Crippen MR) is 76.8 cm³/mol. The maximum atomic E-state index is 14.2. The molecular weight excluding hydrogens is 311 g/mol. The zero-order valence-electron chi connectivity index (χ0n) is 11.3. The van der Waals surface area contributed by atoms with Crippen molar-refractivity contribution in [2.45, 2.75) is 6.04 Å². The van der Waals surface area contributed by atoms with Crippen molar-refractivity contribution in [2.24, 2.45) is 0 Å². The van der Waals surface area contributed by atoms with E-state index in [0.29, 0.717) is 6.54 Å². The quantitative estimate of drug-likeness (QED) is 0.880. The number of rotatable bonds is 2. The number of nitrogens with one attached hydrogen (secondary N) is 2. The van der Waals surface area contributed by atoms with Gasteiger partial charge in [-0.15, -0.1) is 0 Å². The average molecular weight is 323 g/mol. The van der Waals surface area contributed by atoms with Crippen molar-refractivity contribution in [1.29, 1.82) is 0 Å². The van der Waals surface area contributed by atoms with Crippen molar-refractivity contribution in [3.63, 3.8) is 0 Å². The van der Waals surface area contributed by atoms with E-state index in [1.165, 1.54) is 35.4 Å². The Morgan fingerprint density at radius 1 is 1.41 bits per heavy atom. The molecule has 1 aromatic carbocycles. The van der Waals surface area contributed by atoms with Gasteiger partial charge in [-0.05, 0) is 18.2 Å². The summed E-state index contributed by atoms with van der Waals surface area (Å²) in [6, 6.07) is 4.53. The molecule has 1 saturated heterocycles. The summed E-state index contributed by atoms with van der Waals surface area (Å²) >= 11 is 6.04. The highest BCUT2D eigenvalue weighted by atomic mass is 35.5. The van der Waals surface area contributed by atoms with E-state index in [1.54, 1.807) is 0 Å². The standard InChI is InChI=1S/C14H12ClFN4O2/c15-8-2-1-3-9(16)11(8)12-13(21)17-6-7-20(12)14(22)10-4-5-18-19-10/h1-5,12H,6-7H2,(H,17,21)(H,18,19). The second kappa shape index (κ2) is 5.76. The van der Waals surface area contributed by atoms with E-state index in [9.17, 15) is 14.0 Å². The minimum Gasteiger partial charge on any atom is -0.352 e. The fourth-order valence-electron chi connectivity index (χ4n) is 2.47. The number of carbonyl (C=O) groups excluding carboxylic acids is 2. The van der Waals surface area contributed by atoms with Gasteiger partial charge >= 0.3 is 0 Å². The van der Waals surface area contributed by atoms with Crippen molar-refractivity contribution >= 4 is 23.4 Å². The smallest absolute Gasteiger partial charge is 0.272 e. The van der Waals surface area contributed by atoms with Crippen LogP contribution in [0.2, 0.25) is 5.02 Å². The molecule has 3 rings (SSSR count). The lowest BCUT2D eigenvalue weighted by atomic mass is 10.0. The first-order chi connectivity index (χ1) is 10.6. The van der Waals surface area contributed by atoms with Crippen LogP contribution in [0.3, 0.4) is 0 Å². The van der Waals surface area contributed by atoms with E-state index in [1.807, 2.05) is 0 Å². The Balaban J connectivity index is 2.05. The molecule has 2 heterocycles. The number of benzene rings is 1. The Labute approximate surface area is 130 Å². The Hall–Kier alpha value is -2.41. The number of aromatic nitrogens is 2. The van der Waals surface area contributed by atoms with Gasteiger partial charge in [0.25, 0.3) is 5.91 Å². The van der Waals surface area contributed by atoms with Gasteiger partial charge in [0.05, 0.1) is 0 Å². The first kappa shape index (κ1) is 14.5. The molecular formula is C14H12ClFN4O2. The van der Waals surface area contributed by atoms with E-state index < -0.39 is 23.7 Å². The highest BCUT2D eigenvalue weighted by Gasteiger charge is 2.38. The topological polar surface area (TPSA) is 78.1 Å². The van der Waals surface area contributed by atoms with Crippen LogP contribution < -0.4 is 5.32 Å². The van der Waals surface area contributed by atoms with Crippen LogP contribution in [-0.4, -0.2) is 40.0 Å². The van der Waals surface area contributed by atoms with Crippen molar-refractivity contribution in [1.82, 2.24) is 20.4 Å². The van der Waals surface area contributed by atoms with Crippen LogP contribution in [0.5, 0.6) is 0 Å². The summed E-state index contributed by atoms with van der Waals surface area (Å²) in [6.45, 7) is 0.542. The maximum absolute atomic E-state index is 14.2. The Bertz CT molecular complexity index is 699. The highest BCUT2D eigenvalue weighted by Crippen LogP contribution is 2.32. The molecule has 2 N–H and O–H groups in total. The highest BCUT2D eigenvalue weighted by molar-refractivity contribution is 6.31. The third-order valence-corrected chi connectivity index (χ3v) is 3.81. The molecule has 2 aromatic rings. The Kier molecular flexibility index (Phi) is 3.81. The summed E-state index contributed by atoms with van der Waals surface area (Å²) < 4.78 is 14.2. The lowest BCUT2D eigenvalue weighted by molar-refractivity contribution is -0.128. The molecule has 8 heteroatoms. The number of amides is 2. The van der Waals surface area contributed by atoms with Crippen LogP contribution in [-0.2, 0) is 4.79 Å². The molecule has 0 spiro atoms. The van der Waals surface area contributed by atoms with E-state index >= 15 is 0 Å². The predicted octanol–water partition coefficient (Wildman–Crippen LogP) is 1.52. The van der Waals surface area contributed by atoms with Crippen molar-refractivity contribution in [3.05, 3.63) is 52.6 Å². The molecule has 0 bridgehead atoms. The fraction of sp³-hybridized carbons (Fsp3) is 0.214. The first-order valence-corrected chi connectivity index (χ1v) is 6.99. The van der Waals surface area contributed by atoms with Crippen molar-refractivity contribution in [2.75, 3.05) is 13.1 Å². The van der Waals surface area contributed by atoms with Gasteiger partial charge < -0.3 is 10.2 Å². The van der Waals surface area contributed by atoms with Gasteiger partial charge in [0.2, 0.25) is 5.91 Å². The van der Waals surface area contributed by atoms with E-state index in [4.69, 9.17) is 11.6 Å². The van der Waals surface area contributed by atoms with Crippen LogP contribution in [0.25, 0.3) is 0 Å². The first-order valence-electron chi connectivity index (χ1n) is 6.61. The molecule has 0 saturated carbocycles. The van der Waals surface area contributed by atoms with Crippen LogP contribution in [0, 0.1) is 5.82 Å². The maximum Gasteiger partial charge on any atom is 0.272 e. The zero-order valence-corrected chi connectivity index (χ0v) is 12.1. The summed E-state index contributed by atoms with van der Waals surface area (Å²) in [5.74, 6) is -1.53. The van der Waals surface area contributed by atoms with Crippen molar-refractivity contribution in [3.8, 4) is 0 Å². The third kappa shape index (κ3) is 2.43. The Morgan fingerprint density at radius 2 is 2.23 bits per heavy atom. The molecule has 0 aliphatic carbocycles. The number of carbonyl (C=O) groups is 2. The normalized spacial score (nSPS) is 18.2. The largest absolute Gasteiger partial charge is 0.352 e. The van der Waals surface area contributed by atoms with Crippen LogP contribution in [0.1, 0.15) is 22.1 Å². The fourth-order valence-corrected chi connectivity index (χ4v) is 2.74. The van der Waals surface area contributed by atoms with Gasteiger partial charge in [0, 0.05) is 29.9 Å². The van der Waals surface area contributed by atoms with Crippen LogP contribution >= 0.6 is 11.6 Å². The summed E-state index contributed by atoms with van der Waals surface area (Å²) in [4.78, 5) is 26.0. The second-order valence-corrected chi connectivity index (χ2v) is 5.20. The van der Waals surface area contributed by atoms with Gasteiger partial charge in [0.15, 0.2) is 0 Å². The molecule has 1 fully saturated rings. The van der Waals surface area contributed by atoms with Crippen LogP contribution in [0.15, 0.2) is 30.5 Å². The van der Waals surface area contributed by atoms with E-state index in [2.05, 4.69) is 15.5 Å². The average Bonchev–Trinajstić information content (AvgIpc) is 3.02. The number of nitrogens with zero attached hydrogens (tertiary/aromatic N) is 2. The number of hydrogen-bond acceptors (Lipinski definition) is 3. The minimum atomic E-state index is -1.11. The van der Waals surface area contributed by atoms with Crippen molar-refractivity contribution < 1.29 is 14.0 Å². The SMILES string of the molecule is O=C1NCCN(C(=O)c2ccn[nH]2)C1c1c(F)cccc1Cl. The summed E-state index contributed by atoms with van der Waals surface area (Å²) in [7, 11) is 0.